The molecule has 7 heteroatoms. The van der Waals surface area contributed by atoms with Crippen molar-refractivity contribution in [2.24, 2.45) is 0 Å². The molecule has 1 aromatic carbocycles. The molecule has 132 valence electrons. The van der Waals surface area contributed by atoms with Crippen LogP contribution >= 0.6 is 11.6 Å². The Balaban J connectivity index is 1.76. The number of benzene rings is 1. The number of nitrogens with one attached hydrogen (secondary N) is 2. The predicted molar refractivity (Wildman–Crippen MR) is 102 cm³/mol. The molecule has 0 saturated carbocycles. The molecule has 0 spiro atoms. The third-order valence-corrected chi connectivity index (χ3v) is 3.94. The van der Waals surface area contributed by atoms with Crippen LogP contribution in [0.25, 0.3) is 0 Å². The van der Waals surface area contributed by atoms with Crippen molar-refractivity contribution in [2.45, 2.75) is 20.4 Å². The molecule has 0 aliphatic carbocycles. The van der Waals surface area contributed by atoms with Gasteiger partial charge in [0.2, 0.25) is 5.95 Å². The predicted octanol–water partition coefficient (Wildman–Crippen LogP) is 4.01. The number of aromatic nitrogens is 3. The lowest BCUT2D eigenvalue weighted by molar-refractivity contribution is 0.102. The molecule has 0 bridgehead atoms. The van der Waals surface area contributed by atoms with Crippen molar-refractivity contribution in [1.82, 2.24) is 15.0 Å². The van der Waals surface area contributed by atoms with Gasteiger partial charge in [0.1, 0.15) is 5.69 Å². The number of amides is 1. The van der Waals surface area contributed by atoms with Gasteiger partial charge in [0.05, 0.1) is 0 Å². The molecule has 0 aliphatic rings. The molecule has 2 aromatic heterocycles. The molecular weight excluding hydrogens is 350 g/mol. The van der Waals surface area contributed by atoms with E-state index in [1.54, 1.807) is 30.6 Å². The maximum absolute atomic E-state index is 12.6. The maximum Gasteiger partial charge on any atom is 0.274 e. The fourth-order valence-corrected chi connectivity index (χ4v) is 2.54. The number of rotatable bonds is 5. The zero-order valence-electron chi connectivity index (χ0n) is 14.5. The van der Waals surface area contributed by atoms with Gasteiger partial charge in [0.25, 0.3) is 5.91 Å². The van der Waals surface area contributed by atoms with Crippen molar-refractivity contribution in [3.8, 4) is 0 Å². The van der Waals surface area contributed by atoms with Crippen LogP contribution in [0.1, 0.15) is 27.3 Å². The minimum absolute atomic E-state index is 0.283. The normalized spacial score (nSPS) is 10.4. The molecule has 0 aliphatic heterocycles. The molecule has 0 saturated heterocycles. The Hall–Kier alpha value is -2.99. The number of aryl methyl sites for hydroxylation is 2. The zero-order valence-corrected chi connectivity index (χ0v) is 15.2. The van der Waals surface area contributed by atoms with E-state index in [0.717, 1.165) is 11.1 Å². The minimum atomic E-state index is -0.315. The van der Waals surface area contributed by atoms with Crippen molar-refractivity contribution in [3.05, 3.63) is 76.3 Å². The second-order valence-corrected chi connectivity index (χ2v) is 6.28. The summed E-state index contributed by atoms with van der Waals surface area (Å²) in [4.78, 5) is 25.3. The van der Waals surface area contributed by atoms with Crippen molar-refractivity contribution in [3.63, 3.8) is 0 Å². The molecule has 3 rings (SSSR count). The Bertz CT molecular complexity index is 930. The van der Waals surface area contributed by atoms with Gasteiger partial charge in [0, 0.05) is 35.3 Å². The first-order valence-electron chi connectivity index (χ1n) is 8.07. The van der Waals surface area contributed by atoms with Crippen LogP contribution in [-0.4, -0.2) is 20.9 Å². The summed E-state index contributed by atoms with van der Waals surface area (Å²) in [7, 11) is 0. The van der Waals surface area contributed by atoms with Crippen LogP contribution in [0, 0.1) is 13.8 Å². The topological polar surface area (TPSA) is 79.8 Å². The van der Waals surface area contributed by atoms with Crippen LogP contribution in [0.4, 0.5) is 11.6 Å². The molecule has 26 heavy (non-hydrogen) atoms. The average Bonchev–Trinajstić information content (AvgIpc) is 2.63. The van der Waals surface area contributed by atoms with Crippen molar-refractivity contribution in [2.75, 3.05) is 10.6 Å². The SMILES string of the molecule is Cc1cc(C(=O)Nc2cc(Cl)ccc2C)nc(NCc2cccnc2)n1. The van der Waals surface area contributed by atoms with E-state index in [9.17, 15) is 4.79 Å². The summed E-state index contributed by atoms with van der Waals surface area (Å²) in [5.41, 5.74) is 3.55. The summed E-state index contributed by atoms with van der Waals surface area (Å²) >= 11 is 6.00. The molecular formula is C19H18ClN5O. The second kappa shape index (κ2) is 7.93. The Labute approximate surface area is 156 Å². The van der Waals surface area contributed by atoms with Gasteiger partial charge in [-0.3, -0.25) is 9.78 Å². The minimum Gasteiger partial charge on any atom is -0.350 e. The molecule has 3 aromatic rings. The van der Waals surface area contributed by atoms with Gasteiger partial charge >= 0.3 is 0 Å². The van der Waals surface area contributed by atoms with E-state index in [0.29, 0.717) is 28.9 Å². The lowest BCUT2D eigenvalue weighted by Crippen LogP contribution is -2.16. The first-order chi connectivity index (χ1) is 12.5. The van der Waals surface area contributed by atoms with Crippen LogP contribution in [-0.2, 0) is 6.54 Å². The van der Waals surface area contributed by atoms with Gasteiger partial charge in [0.15, 0.2) is 0 Å². The number of carbonyl (C=O) groups excluding carboxylic acids is 1. The monoisotopic (exact) mass is 367 g/mol. The Morgan fingerprint density at radius 2 is 2.00 bits per heavy atom. The lowest BCUT2D eigenvalue weighted by Gasteiger charge is -2.10. The smallest absolute Gasteiger partial charge is 0.274 e. The first-order valence-corrected chi connectivity index (χ1v) is 8.45. The summed E-state index contributed by atoms with van der Waals surface area (Å²) in [6.07, 6.45) is 3.48. The van der Waals surface area contributed by atoms with Gasteiger partial charge in [-0.05, 0) is 49.2 Å². The van der Waals surface area contributed by atoms with Gasteiger partial charge in [-0.25, -0.2) is 9.97 Å². The Morgan fingerprint density at radius 3 is 2.77 bits per heavy atom. The van der Waals surface area contributed by atoms with E-state index in [1.165, 1.54) is 0 Å². The highest BCUT2D eigenvalue weighted by Gasteiger charge is 2.12. The van der Waals surface area contributed by atoms with Crippen LogP contribution in [0.3, 0.4) is 0 Å². The number of hydrogen-bond donors (Lipinski definition) is 2. The largest absolute Gasteiger partial charge is 0.350 e. The van der Waals surface area contributed by atoms with Gasteiger partial charge < -0.3 is 10.6 Å². The second-order valence-electron chi connectivity index (χ2n) is 5.85. The Morgan fingerprint density at radius 1 is 1.15 bits per heavy atom. The lowest BCUT2D eigenvalue weighted by atomic mass is 10.2. The van der Waals surface area contributed by atoms with E-state index in [1.807, 2.05) is 32.0 Å². The van der Waals surface area contributed by atoms with E-state index in [2.05, 4.69) is 25.6 Å². The molecule has 6 nitrogen and oxygen atoms in total. The quantitative estimate of drug-likeness (QED) is 0.712. The number of anilines is 2. The van der Waals surface area contributed by atoms with E-state index >= 15 is 0 Å². The van der Waals surface area contributed by atoms with Crippen LogP contribution in [0.15, 0.2) is 48.8 Å². The third-order valence-electron chi connectivity index (χ3n) is 3.71. The molecule has 0 atom stereocenters. The average molecular weight is 368 g/mol. The molecule has 0 unspecified atom stereocenters. The van der Waals surface area contributed by atoms with Crippen molar-refractivity contribution < 1.29 is 4.79 Å². The summed E-state index contributed by atoms with van der Waals surface area (Å²) in [5, 5.41) is 6.52. The highest BCUT2D eigenvalue weighted by atomic mass is 35.5. The van der Waals surface area contributed by atoms with Gasteiger partial charge in [-0.1, -0.05) is 23.7 Å². The molecule has 0 fully saturated rings. The number of halogens is 1. The summed E-state index contributed by atoms with van der Waals surface area (Å²) in [5.74, 6) is 0.0760. The van der Waals surface area contributed by atoms with E-state index in [-0.39, 0.29) is 11.6 Å². The number of hydrogen-bond acceptors (Lipinski definition) is 5. The number of nitrogens with zero attached hydrogens (tertiary/aromatic N) is 3. The molecule has 0 radical (unpaired) electrons. The summed E-state index contributed by atoms with van der Waals surface area (Å²) in [6.45, 7) is 4.24. The van der Waals surface area contributed by atoms with E-state index < -0.39 is 0 Å². The fraction of sp³-hybridized carbons (Fsp3) is 0.158. The molecule has 2 heterocycles. The number of carbonyl (C=O) groups is 1. The standard InChI is InChI=1S/C19H18ClN5O/c1-12-5-6-15(20)9-16(12)24-18(26)17-8-13(2)23-19(25-17)22-11-14-4-3-7-21-10-14/h3-10H,11H2,1-2H3,(H,24,26)(H,22,23,25). The summed E-state index contributed by atoms with van der Waals surface area (Å²) < 4.78 is 0. The van der Waals surface area contributed by atoms with Crippen LogP contribution < -0.4 is 10.6 Å². The van der Waals surface area contributed by atoms with Crippen LogP contribution in [0.5, 0.6) is 0 Å². The first kappa shape index (κ1) is 17.8. The Kier molecular flexibility index (Phi) is 5.43. The summed E-state index contributed by atoms with van der Waals surface area (Å²) in [6, 6.07) is 10.8. The third kappa shape index (κ3) is 4.55. The molecule has 2 N–H and O–H groups in total. The zero-order chi connectivity index (χ0) is 18.5. The highest BCUT2D eigenvalue weighted by Crippen LogP contribution is 2.21. The van der Waals surface area contributed by atoms with Crippen LogP contribution in [0.2, 0.25) is 5.02 Å². The van der Waals surface area contributed by atoms with Crippen molar-refractivity contribution >= 4 is 29.1 Å². The van der Waals surface area contributed by atoms with Gasteiger partial charge in [-0.2, -0.15) is 0 Å². The highest BCUT2D eigenvalue weighted by molar-refractivity contribution is 6.31. The van der Waals surface area contributed by atoms with E-state index in [4.69, 9.17) is 11.6 Å². The van der Waals surface area contributed by atoms with Gasteiger partial charge in [-0.15, -0.1) is 0 Å². The number of pyridine rings is 1. The maximum atomic E-state index is 12.6. The molecule has 1 amide bonds. The fourth-order valence-electron chi connectivity index (χ4n) is 2.36. The van der Waals surface area contributed by atoms with Crippen molar-refractivity contribution in [1.29, 1.82) is 0 Å².